The van der Waals surface area contributed by atoms with Crippen molar-refractivity contribution in [2.75, 3.05) is 6.54 Å². The third-order valence-corrected chi connectivity index (χ3v) is 4.89. The summed E-state index contributed by atoms with van der Waals surface area (Å²) in [6.45, 7) is 3.69. The van der Waals surface area contributed by atoms with E-state index in [4.69, 9.17) is 5.73 Å². The zero-order chi connectivity index (χ0) is 18.0. The Balaban J connectivity index is 1.74. The average molecular weight is 344 g/mol. The van der Waals surface area contributed by atoms with E-state index < -0.39 is 6.04 Å². The molecule has 3 amide bonds. The molecule has 4 N–H and O–H groups in total. The SMILES string of the molecule is CCC(N)CNCc1cccc2c1C(=O)N(C1CCC(=O)NC1=O)C2. The molecule has 7 heteroatoms. The third kappa shape index (κ3) is 3.57. The Bertz CT molecular complexity index is 704. The van der Waals surface area contributed by atoms with E-state index >= 15 is 0 Å². The molecule has 25 heavy (non-hydrogen) atoms. The van der Waals surface area contributed by atoms with E-state index in [1.54, 1.807) is 4.90 Å². The molecular formula is C18H24N4O3. The molecular weight excluding hydrogens is 320 g/mol. The average Bonchev–Trinajstić information content (AvgIpc) is 2.92. The largest absolute Gasteiger partial charge is 0.327 e. The van der Waals surface area contributed by atoms with Crippen LogP contribution < -0.4 is 16.4 Å². The molecule has 1 fully saturated rings. The number of nitrogens with two attached hydrogens (primary N) is 1. The van der Waals surface area contributed by atoms with Gasteiger partial charge in [-0.05, 0) is 24.0 Å². The van der Waals surface area contributed by atoms with Crippen LogP contribution in [0.5, 0.6) is 0 Å². The van der Waals surface area contributed by atoms with Gasteiger partial charge in [0.15, 0.2) is 0 Å². The summed E-state index contributed by atoms with van der Waals surface area (Å²) in [6.07, 6.45) is 1.53. The van der Waals surface area contributed by atoms with E-state index in [1.807, 2.05) is 25.1 Å². The molecule has 2 aliphatic heterocycles. The highest BCUT2D eigenvalue weighted by Gasteiger charge is 2.39. The normalized spacial score (nSPS) is 21.3. The highest BCUT2D eigenvalue weighted by molar-refractivity contribution is 6.05. The first-order valence-corrected chi connectivity index (χ1v) is 8.73. The molecule has 1 aromatic carbocycles. The summed E-state index contributed by atoms with van der Waals surface area (Å²) in [5.41, 5.74) is 8.43. The number of nitrogens with one attached hydrogen (secondary N) is 2. The number of benzene rings is 1. The maximum atomic E-state index is 12.9. The number of imide groups is 1. The second kappa shape index (κ2) is 7.33. The topological polar surface area (TPSA) is 105 Å². The van der Waals surface area contributed by atoms with Crippen molar-refractivity contribution in [3.8, 4) is 0 Å². The van der Waals surface area contributed by atoms with Crippen molar-refractivity contribution in [2.45, 2.75) is 51.4 Å². The van der Waals surface area contributed by atoms with Gasteiger partial charge in [0.2, 0.25) is 11.8 Å². The lowest BCUT2D eigenvalue weighted by atomic mass is 10.0. The highest BCUT2D eigenvalue weighted by atomic mass is 16.2. The molecule has 134 valence electrons. The molecule has 7 nitrogen and oxygen atoms in total. The number of amides is 3. The lowest BCUT2D eigenvalue weighted by Crippen LogP contribution is -2.52. The Morgan fingerprint density at radius 2 is 2.16 bits per heavy atom. The van der Waals surface area contributed by atoms with Crippen LogP contribution in [0.2, 0.25) is 0 Å². The van der Waals surface area contributed by atoms with Crippen molar-refractivity contribution in [1.29, 1.82) is 0 Å². The smallest absolute Gasteiger partial charge is 0.255 e. The minimum Gasteiger partial charge on any atom is -0.327 e. The van der Waals surface area contributed by atoms with Crippen LogP contribution in [0.1, 0.15) is 47.7 Å². The summed E-state index contributed by atoms with van der Waals surface area (Å²) in [7, 11) is 0. The van der Waals surface area contributed by atoms with Crippen LogP contribution in [0.25, 0.3) is 0 Å². The molecule has 1 aromatic rings. The van der Waals surface area contributed by atoms with Gasteiger partial charge < -0.3 is 16.0 Å². The predicted molar refractivity (Wildman–Crippen MR) is 92.5 cm³/mol. The van der Waals surface area contributed by atoms with Gasteiger partial charge in [0.05, 0.1) is 0 Å². The summed E-state index contributed by atoms with van der Waals surface area (Å²) in [5, 5.41) is 5.62. The molecule has 2 heterocycles. The number of piperidine rings is 1. The molecule has 2 unspecified atom stereocenters. The van der Waals surface area contributed by atoms with E-state index in [1.165, 1.54) is 0 Å². The van der Waals surface area contributed by atoms with Crippen LogP contribution >= 0.6 is 0 Å². The maximum absolute atomic E-state index is 12.9. The lowest BCUT2D eigenvalue weighted by Gasteiger charge is -2.29. The Hall–Kier alpha value is -2.25. The molecule has 0 saturated carbocycles. The zero-order valence-electron chi connectivity index (χ0n) is 14.4. The Kier molecular flexibility index (Phi) is 5.15. The molecule has 2 atom stereocenters. The summed E-state index contributed by atoms with van der Waals surface area (Å²) in [6, 6.07) is 5.28. The molecule has 2 aliphatic rings. The van der Waals surface area contributed by atoms with Crippen LogP contribution in [0.4, 0.5) is 0 Å². The van der Waals surface area contributed by atoms with Gasteiger partial charge in [-0.15, -0.1) is 0 Å². The van der Waals surface area contributed by atoms with Gasteiger partial charge in [-0.3, -0.25) is 19.7 Å². The van der Waals surface area contributed by atoms with Crippen molar-refractivity contribution in [3.05, 3.63) is 34.9 Å². The summed E-state index contributed by atoms with van der Waals surface area (Å²) in [4.78, 5) is 37.9. The van der Waals surface area contributed by atoms with Crippen LogP contribution in [-0.2, 0) is 22.7 Å². The summed E-state index contributed by atoms with van der Waals surface area (Å²) >= 11 is 0. The van der Waals surface area contributed by atoms with Gasteiger partial charge >= 0.3 is 0 Å². The fraction of sp³-hybridized carbons (Fsp3) is 0.500. The Morgan fingerprint density at radius 3 is 2.88 bits per heavy atom. The number of nitrogens with zero attached hydrogens (tertiary/aromatic N) is 1. The zero-order valence-corrected chi connectivity index (χ0v) is 14.4. The number of hydrogen-bond donors (Lipinski definition) is 3. The van der Waals surface area contributed by atoms with Crippen LogP contribution in [0.15, 0.2) is 18.2 Å². The standard InChI is InChI=1S/C18H24N4O3/c1-2-13(19)9-20-8-11-4-3-5-12-10-22(18(25)16(11)12)14-6-7-15(23)21-17(14)24/h3-5,13-14,20H,2,6-10,19H2,1H3,(H,21,23,24). The van der Waals surface area contributed by atoms with Gasteiger partial charge in [0, 0.05) is 37.7 Å². The summed E-state index contributed by atoms with van der Waals surface area (Å²) < 4.78 is 0. The minimum absolute atomic E-state index is 0.0902. The van der Waals surface area contributed by atoms with Crippen molar-refractivity contribution < 1.29 is 14.4 Å². The van der Waals surface area contributed by atoms with Gasteiger partial charge in [0.1, 0.15) is 6.04 Å². The van der Waals surface area contributed by atoms with E-state index in [0.29, 0.717) is 31.6 Å². The molecule has 0 aliphatic carbocycles. The monoisotopic (exact) mass is 344 g/mol. The second-order valence-corrected chi connectivity index (χ2v) is 6.65. The van der Waals surface area contributed by atoms with E-state index in [2.05, 4.69) is 10.6 Å². The molecule has 0 spiro atoms. The van der Waals surface area contributed by atoms with Gasteiger partial charge in [0.25, 0.3) is 5.91 Å². The minimum atomic E-state index is -0.577. The number of carbonyl (C=O) groups is 3. The molecule has 3 rings (SSSR count). The first-order chi connectivity index (χ1) is 12.0. The maximum Gasteiger partial charge on any atom is 0.255 e. The lowest BCUT2D eigenvalue weighted by molar-refractivity contribution is -0.136. The second-order valence-electron chi connectivity index (χ2n) is 6.65. The van der Waals surface area contributed by atoms with Gasteiger partial charge in [-0.1, -0.05) is 25.1 Å². The van der Waals surface area contributed by atoms with Gasteiger partial charge in [-0.2, -0.15) is 0 Å². The van der Waals surface area contributed by atoms with Crippen molar-refractivity contribution in [3.63, 3.8) is 0 Å². The third-order valence-electron chi connectivity index (χ3n) is 4.89. The number of rotatable bonds is 6. The quantitative estimate of drug-likeness (QED) is 0.643. The molecule has 1 saturated heterocycles. The van der Waals surface area contributed by atoms with Crippen molar-refractivity contribution >= 4 is 17.7 Å². The molecule has 0 aromatic heterocycles. The number of fused-ring (bicyclic) bond motifs is 1. The van der Waals surface area contributed by atoms with Gasteiger partial charge in [-0.25, -0.2) is 0 Å². The van der Waals surface area contributed by atoms with Crippen molar-refractivity contribution in [1.82, 2.24) is 15.5 Å². The van der Waals surface area contributed by atoms with Crippen molar-refractivity contribution in [2.24, 2.45) is 5.73 Å². The van der Waals surface area contributed by atoms with E-state index in [0.717, 1.165) is 17.5 Å². The fourth-order valence-corrected chi connectivity index (χ4v) is 3.37. The first-order valence-electron chi connectivity index (χ1n) is 8.73. The first kappa shape index (κ1) is 17.6. The van der Waals surface area contributed by atoms with Crippen LogP contribution in [0, 0.1) is 0 Å². The Morgan fingerprint density at radius 1 is 1.36 bits per heavy atom. The number of carbonyl (C=O) groups excluding carboxylic acids is 3. The molecule has 0 radical (unpaired) electrons. The van der Waals surface area contributed by atoms with E-state index in [-0.39, 0.29) is 30.2 Å². The fourth-order valence-electron chi connectivity index (χ4n) is 3.37. The molecule has 0 bridgehead atoms. The Labute approximate surface area is 146 Å². The predicted octanol–water partition coefficient (Wildman–Crippen LogP) is 0.275. The van der Waals surface area contributed by atoms with E-state index in [9.17, 15) is 14.4 Å². The van der Waals surface area contributed by atoms with Crippen LogP contribution in [-0.4, -0.2) is 41.2 Å². The van der Waals surface area contributed by atoms with Crippen LogP contribution in [0.3, 0.4) is 0 Å². The highest BCUT2D eigenvalue weighted by Crippen LogP contribution is 2.29. The summed E-state index contributed by atoms with van der Waals surface area (Å²) in [5.74, 6) is -0.796. The number of hydrogen-bond acceptors (Lipinski definition) is 5.